The van der Waals surface area contributed by atoms with Gasteiger partial charge in [-0.2, -0.15) is 0 Å². The lowest BCUT2D eigenvalue weighted by Crippen LogP contribution is -2.39. The van der Waals surface area contributed by atoms with Gasteiger partial charge >= 0.3 is 11.9 Å². The van der Waals surface area contributed by atoms with Gasteiger partial charge in [0.1, 0.15) is 11.4 Å². The second kappa shape index (κ2) is 5.31. The maximum atomic E-state index is 11.4. The van der Waals surface area contributed by atoms with Gasteiger partial charge in [-0.25, -0.2) is 9.59 Å². The summed E-state index contributed by atoms with van der Waals surface area (Å²) < 4.78 is 0. The Kier molecular flexibility index (Phi) is 3.88. The van der Waals surface area contributed by atoms with E-state index in [2.05, 4.69) is 5.32 Å². The molecule has 1 fully saturated rings. The van der Waals surface area contributed by atoms with Crippen molar-refractivity contribution < 1.29 is 19.8 Å². The van der Waals surface area contributed by atoms with Gasteiger partial charge in [-0.3, -0.25) is 0 Å². The Balaban J connectivity index is 2.46. The maximum Gasteiger partial charge on any atom is 0.352 e. The van der Waals surface area contributed by atoms with Crippen LogP contribution in [0, 0.1) is 11.3 Å². The van der Waals surface area contributed by atoms with Crippen LogP contribution in [0.1, 0.15) is 46.0 Å². The van der Waals surface area contributed by atoms with Crippen LogP contribution in [0.15, 0.2) is 23.0 Å². The normalized spacial score (nSPS) is 27.8. The molecule has 110 valence electrons. The standard InChI is InChI=1S/C15H21NO4/c1-9-12(14(19)20)16-11(13(17)18)8-15(9,2)10-6-4-3-5-7-10/h8,10,16H,3-7H2,1-2H3,(H,17,18)(H,19,20). The largest absolute Gasteiger partial charge is 0.477 e. The smallest absolute Gasteiger partial charge is 0.352 e. The van der Waals surface area contributed by atoms with Crippen LogP contribution < -0.4 is 5.32 Å². The summed E-state index contributed by atoms with van der Waals surface area (Å²) in [5, 5.41) is 21.0. The fourth-order valence-corrected chi connectivity index (χ4v) is 3.40. The highest BCUT2D eigenvalue weighted by molar-refractivity contribution is 5.93. The van der Waals surface area contributed by atoms with Crippen molar-refractivity contribution >= 4 is 11.9 Å². The van der Waals surface area contributed by atoms with Crippen LogP contribution in [0.2, 0.25) is 0 Å². The maximum absolute atomic E-state index is 11.4. The molecule has 0 bridgehead atoms. The average molecular weight is 279 g/mol. The molecule has 0 saturated heterocycles. The van der Waals surface area contributed by atoms with Gasteiger partial charge in [-0.1, -0.05) is 26.2 Å². The van der Waals surface area contributed by atoms with Crippen molar-refractivity contribution in [2.75, 3.05) is 0 Å². The van der Waals surface area contributed by atoms with E-state index in [0.29, 0.717) is 5.92 Å². The van der Waals surface area contributed by atoms with Crippen molar-refractivity contribution in [3.63, 3.8) is 0 Å². The van der Waals surface area contributed by atoms with Crippen LogP contribution in [0.3, 0.4) is 0 Å². The summed E-state index contributed by atoms with van der Waals surface area (Å²) in [6.07, 6.45) is 7.19. The summed E-state index contributed by atoms with van der Waals surface area (Å²) in [6, 6.07) is 0. The lowest BCUT2D eigenvalue weighted by atomic mass is 9.64. The molecule has 3 N–H and O–H groups in total. The van der Waals surface area contributed by atoms with E-state index in [1.165, 1.54) is 6.42 Å². The summed E-state index contributed by atoms with van der Waals surface area (Å²) in [5.74, 6) is -1.91. The quantitative estimate of drug-likeness (QED) is 0.739. The zero-order valence-corrected chi connectivity index (χ0v) is 11.9. The highest BCUT2D eigenvalue weighted by Gasteiger charge is 2.41. The molecule has 5 nitrogen and oxygen atoms in total. The highest BCUT2D eigenvalue weighted by Crippen LogP contribution is 2.47. The first-order valence-corrected chi connectivity index (χ1v) is 7.04. The Morgan fingerprint density at radius 2 is 1.80 bits per heavy atom. The van der Waals surface area contributed by atoms with E-state index in [-0.39, 0.29) is 11.4 Å². The minimum Gasteiger partial charge on any atom is -0.477 e. The van der Waals surface area contributed by atoms with Gasteiger partial charge in [0.15, 0.2) is 0 Å². The Morgan fingerprint density at radius 3 is 2.30 bits per heavy atom. The summed E-state index contributed by atoms with van der Waals surface area (Å²) in [7, 11) is 0. The molecule has 1 unspecified atom stereocenters. The molecular weight excluding hydrogens is 258 g/mol. The molecular formula is C15H21NO4. The second-order valence-electron chi connectivity index (χ2n) is 5.91. The van der Waals surface area contributed by atoms with Crippen LogP contribution in [0.4, 0.5) is 0 Å². The van der Waals surface area contributed by atoms with E-state index in [1.54, 1.807) is 13.0 Å². The molecule has 2 rings (SSSR count). The van der Waals surface area contributed by atoms with Crippen molar-refractivity contribution in [2.45, 2.75) is 46.0 Å². The molecule has 1 atom stereocenters. The fourth-order valence-electron chi connectivity index (χ4n) is 3.40. The fraction of sp³-hybridized carbons (Fsp3) is 0.600. The van der Waals surface area contributed by atoms with Crippen molar-refractivity contribution in [1.29, 1.82) is 0 Å². The molecule has 1 heterocycles. The summed E-state index contributed by atoms with van der Waals surface area (Å²) in [5.41, 5.74) is 0.216. The van der Waals surface area contributed by atoms with Gasteiger partial charge in [0.25, 0.3) is 0 Å². The SMILES string of the molecule is CC1=C(C(=O)O)NC(C(=O)O)=CC1(C)C1CCCCC1. The van der Waals surface area contributed by atoms with Crippen LogP contribution >= 0.6 is 0 Å². The van der Waals surface area contributed by atoms with Crippen LogP contribution in [-0.4, -0.2) is 22.2 Å². The second-order valence-corrected chi connectivity index (χ2v) is 5.91. The molecule has 5 heteroatoms. The van der Waals surface area contributed by atoms with Gasteiger partial charge in [-0.05, 0) is 37.3 Å². The van der Waals surface area contributed by atoms with E-state index in [9.17, 15) is 19.8 Å². The van der Waals surface area contributed by atoms with Gasteiger partial charge in [0.05, 0.1) is 0 Å². The Bertz CT molecular complexity index is 500. The zero-order chi connectivity index (χ0) is 14.9. The van der Waals surface area contributed by atoms with E-state index in [4.69, 9.17) is 0 Å². The molecule has 0 aromatic carbocycles. The molecule has 20 heavy (non-hydrogen) atoms. The molecule has 1 saturated carbocycles. The van der Waals surface area contributed by atoms with Gasteiger partial charge in [0, 0.05) is 5.41 Å². The number of carboxylic acid groups (broad SMARTS) is 2. The number of rotatable bonds is 3. The predicted molar refractivity (Wildman–Crippen MR) is 73.9 cm³/mol. The topological polar surface area (TPSA) is 86.6 Å². The third kappa shape index (κ3) is 2.44. The third-order valence-electron chi connectivity index (χ3n) is 4.78. The number of hydrogen-bond acceptors (Lipinski definition) is 3. The molecule has 2 aliphatic rings. The Hall–Kier alpha value is -1.78. The monoisotopic (exact) mass is 279 g/mol. The molecule has 0 amide bonds. The number of aliphatic carboxylic acids is 2. The average Bonchev–Trinajstić information content (AvgIpc) is 2.42. The number of nitrogens with one attached hydrogen (secondary N) is 1. The first kappa shape index (κ1) is 14.6. The van der Waals surface area contributed by atoms with E-state index in [1.807, 2.05) is 6.92 Å². The number of carboxylic acids is 2. The van der Waals surface area contributed by atoms with E-state index < -0.39 is 17.4 Å². The molecule has 0 aromatic heterocycles. The predicted octanol–water partition coefficient (Wildman–Crippen LogP) is 2.50. The first-order chi connectivity index (χ1) is 9.36. The Morgan fingerprint density at radius 1 is 1.20 bits per heavy atom. The lowest BCUT2D eigenvalue weighted by molar-refractivity contribution is -0.133. The first-order valence-electron chi connectivity index (χ1n) is 7.04. The minimum absolute atomic E-state index is 0.0120. The van der Waals surface area contributed by atoms with Crippen LogP contribution in [0.25, 0.3) is 0 Å². The summed E-state index contributed by atoms with van der Waals surface area (Å²) >= 11 is 0. The molecule has 0 spiro atoms. The third-order valence-corrected chi connectivity index (χ3v) is 4.78. The number of allylic oxidation sites excluding steroid dienone is 2. The van der Waals surface area contributed by atoms with Gasteiger partial charge in [0.2, 0.25) is 0 Å². The van der Waals surface area contributed by atoms with E-state index >= 15 is 0 Å². The van der Waals surface area contributed by atoms with Gasteiger partial charge < -0.3 is 15.5 Å². The zero-order valence-electron chi connectivity index (χ0n) is 11.9. The van der Waals surface area contributed by atoms with Crippen molar-refractivity contribution in [3.8, 4) is 0 Å². The number of dihydropyridines is 1. The van der Waals surface area contributed by atoms with Gasteiger partial charge in [-0.15, -0.1) is 0 Å². The molecule has 0 aromatic rings. The van der Waals surface area contributed by atoms with Crippen molar-refractivity contribution in [3.05, 3.63) is 23.0 Å². The molecule has 0 radical (unpaired) electrons. The van der Waals surface area contributed by atoms with Crippen LogP contribution in [0.5, 0.6) is 0 Å². The molecule has 1 aliphatic carbocycles. The summed E-state index contributed by atoms with van der Waals surface area (Å²) in [4.78, 5) is 22.6. The summed E-state index contributed by atoms with van der Waals surface area (Å²) in [6.45, 7) is 3.76. The number of hydrogen-bond donors (Lipinski definition) is 3. The Labute approximate surface area is 118 Å². The van der Waals surface area contributed by atoms with Crippen molar-refractivity contribution in [2.24, 2.45) is 11.3 Å². The number of carbonyl (C=O) groups is 2. The molecule has 1 aliphatic heterocycles. The lowest BCUT2D eigenvalue weighted by Gasteiger charge is -2.42. The van der Waals surface area contributed by atoms with E-state index in [0.717, 1.165) is 31.3 Å². The van der Waals surface area contributed by atoms with Crippen LogP contribution in [-0.2, 0) is 9.59 Å². The van der Waals surface area contributed by atoms with Crippen molar-refractivity contribution in [1.82, 2.24) is 5.32 Å². The highest BCUT2D eigenvalue weighted by atomic mass is 16.4. The minimum atomic E-state index is -1.11.